The van der Waals surface area contributed by atoms with Crippen LogP contribution in [0.5, 0.6) is 0 Å². The third-order valence-corrected chi connectivity index (χ3v) is 4.22. The summed E-state index contributed by atoms with van der Waals surface area (Å²) in [5, 5.41) is 3.53. The molecule has 0 saturated heterocycles. The minimum Gasteiger partial charge on any atom is -0.311 e. The van der Waals surface area contributed by atoms with Crippen molar-refractivity contribution in [2.45, 2.75) is 53.0 Å². The lowest BCUT2D eigenvalue weighted by Gasteiger charge is -2.24. The Labute approximate surface area is 115 Å². The Kier molecular flexibility index (Phi) is 6.53. The highest BCUT2D eigenvalue weighted by atomic mass is 35.5. The zero-order chi connectivity index (χ0) is 12.7. The Bertz CT molecular complexity index is 320. The van der Waals surface area contributed by atoms with E-state index in [0.29, 0.717) is 5.41 Å². The van der Waals surface area contributed by atoms with E-state index in [2.05, 4.69) is 32.2 Å². The molecule has 0 radical (unpaired) electrons. The summed E-state index contributed by atoms with van der Waals surface area (Å²) in [7, 11) is 0. The summed E-state index contributed by atoms with van der Waals surface area (Å²) in [4.78, 5) is 1.32. The van der Waals surface area contributed by atoms with Crippen LogP contribution >= 0.6 is 22.9 Å². The SMILES string of the molecule is CCCCCC(C)(C)CNCc1ccc(Cl)s1. The molecule has 0 spiro atoms. The van der Waals surface area contributed by atoms with Crippen molar-refractivity contribution < 1.29 is 0 Å². The number of unbranched alkanes of at least 4 members (excludes halogenated alkanes) is 2. The molecule has 1 rings (SSSR count). The number of nitrogens with one attached hydrogen (secondary N) is 1. The summed E-state index contributed by atoms with van der Waals surface area (Å²) in [5.74, 6) is 0. The van der Waals surface area contributed by atoms with E-state index in [9.17, 15) is 0 Å². The minimum atomic E-state index is 0.399. The molecular weight excluding hydrogens is 250 g/mol. The molecule has 1 aromatic heterocycles. The normalized spacial score (nSPS) is 12.0. The summed E-state index contributed by atoms with van der Waals surface area (Å²) in [6.07, 6.45) is 5.30. The van der Waals surface area contributed by atoms with E-state index in [-0.39, 0.29) is 0 Å². The number of thiophene rings is 1. The predicted molar refractivity (Wildman–Crippen MR) is 79.0 cm³/mol. The van der Waals surface area contributed by atoms with Crippen LogP contribution in [0.15, 0.2) is 12.1 Å². The van der Waals surface area contributed by atoms with Gasteiger partial charge in [0.1, 0.15) is 0 Å². The Morgan fingerprint density at radius 2 is 2.06 bits per heavy atom. The van der Waals surface area contributed by atoms with E-state index < -0.39 is 0 Å². The maximum atomic E-state index is 5.90. The molecule has 0 bridgehead atoms. The van der Waals surface area contributed by atoms with Crippen LogP contribution < -0.4 is 5.32 Å². The summed E-state index contributed by atoms with van der Waals surface area (Å²) in [6, 6.07) is 4.07. The fraction of sp³-hybridized carbons (Fsp3) is 0.714. The molecular formula is C14H24ClNS. The quantitative estimate of drug-likeness (QED) is 0.650. The molecule has 0 aliphatic rings. The van der Waals surface area contributed by atoms with Gasteiger partial charge in [0.25, 0.3) is 0 Å². The lowest BCUT2D eigenvalue weighted by Crippen LogP contribution is -2.28. The van der Waals surface area contributed by atoms with E-state index in [1.54, 1.807) is 11.3 Å². The second-order valence-electron chi connectivity index (χ2n) is 5.43. The maximum Gasteiger partial charge on any atom is 0.0931 e. The van der Waals surface area contributed by atoms with Crippen molar-refractivity contribution in [3.8, 4) is 0 Å². The largest absolute Gasteiger partial charge is 0.311 e. The van der Waals surface area contributed by atoms with Crippen LogP contribution in [0, 0.1) is 5.41 Å². The number of hydrogen-bond acceptors (Lipinski definition) is 2. The standard InChI is InChI=1S/C14H24ClNS/c1-4-5-6-9-14(2,3)11-16-10-12-7-8-13(15)17-12/h7-8,16H,4-6,9-11H2,1-3H3. The van der Waals surface area contributed by atoms with Gasteiger partial charge in [0, 0.05) is 18.0 Å². The molecule has 0 aliphatic carbocycles. The van der Waals surface area contributed by atoms with Gasteiger partial charge in [0.2, 0.25) is 0 Å². The first-order chi connectivity index (χ1) is 8.03. The smallest absolute Gasteiger partial charge is 0.0931 e. The first-order valence-electron chi connectivity index (χ1n) is 6.48. The highest BCUT2D eigenvalue weighted by Crippen LogP contribution is 2.24. The number of rotatable bonds is 8. The second-order valence-corrected chi connectivity index (χ2v) is 7.23. The molecule has 98 valence electrons. The van der Waals surface area contributed by atoms with Gasteiger partial charge in [-0.25, -0.2) is 0 Å². The first kappa shape index (κ1) is 15.0. The number of hydrogen-bond donors (Lipinski definition) is 1. The Hall–Kier alpha value is -0.0500. The summed E-state index contributed by atoms with van der Waals surface area (Å²) >= 11 is 7.57. The molecule has 0 unspecified atom stereocenters. The third kappa shape index (κ3) is 6.44. The molecule has 17 heavy (non-hydrogen) atoms. The molecule has 3 heteroatoms. The van der Waals surface area contributed by atoms with Gasteiger partial charge < -0.3 is 5.32 Å². The minimum absolute atomic E-state index is 0.399. The molecule has 0 atom stereocenters. The van der Waals surface area contributed by atoms with E-state index in [1.165, 1.54) is 30.6 Å². The van der Waals surface area contributed by atoms with E-state index in [1.807, 2.05) is 6.07 Å². The number of halogens is 1. The van der Waals surface area contributed by atoms with Gasteiger partial charge in [-0.2, -0.15) is 0 Å². The lowest BCUT2D eigenvalue weighted by atomic mass is 9.87. The van der Waals surface area contributed by atoms with Crippen molar-refractivity contribution in [2.75, 3.05) is 6.54 Å². The zero-order valence-electron chi connectivity index (χ0n) is 11.2. The van der Waals surface area contributed by atoms with Crippen LogP contribution in [-0.2, 0) is 6.54 Å². The highest BCUT2D eigenvalue weighted by Gasteiger charge is 2.16. The molecule has 1 heterocycles. The van der Waals surface area contributed by atoms with Gasteiger partial charge in [-0.1, -0.05) is 51.6 Å². The summed E-state index contributed by atoms with van der Waals surface area (Å²) in [6.45, 7) is 8.96. The summed E-state index contributed by atoms with van der Waals surface area (Å²) < 4.78 is 0.879. The maximum absolute atomic E-state index is 5.90. The van der Waals surface area contributed by atoms with Crippen molar-refractivity contribution in [3.05, 3.63) is 21.3 Å². The fourth-order valence-corrected chi connectivity index (χ4v) is 2.97. The van der Waals surface area contributed by atoms with Crippen molar-refractivity contribution in [1.82, 2.24) is 5.32 Å². The van der Waals surface area contributed by atoms with Gasteiger partial charge in [0.15, 0.2) is 0 Å². The highest BCUT2D eigenvalue weighted by molar-refractivity contribution is 7.16. The van der Waals surface area contributed by atoms with Crippen LogP contribution in [0.1, 0.15) is 51.3 Å². The molecule has 0 aromatic carbocycles. The van der Waals surface area contributed by atoms with Crippen LogP contribution in [0.25, 0.3) is 0 Å². The average molecular weight is 274 g/mol. The Balaban J connectivity index is 2.20. The van der Waals surface area contributed by atoms with Crippen LogP contribution in [0.2, 0.25) is 4.34 Å². The van der Waals surface area contributed by atoms with Crippen molar-refractivity contribution in [3.63, 3.8) is 0 Å². The summed E-state index contributed by atoms with van der Waals surface area (Å²) in [5.41, 5.74) is 0.399. The lowest BCUT2D eigenvalue weighted by molar-refractivity contribution is 0.302. The van der Waals surface area contributed by atoms with Gasteiger partial charge in [-0.15, -0.1) is 11.3 Å². The molecule has 1 nitrogen and oxygen atoms in total. The predicted octanol–water partition coefficient (Wildman–Crippen LogP) is 5.10. The first-order valence-corrected chi connectivity index (χ1v) is 7.68. The van der Waals surface area contributed by atoms with Gasteiger partial charge in [-0.3, -0.25) is 0 Å². The van der Waals surface area contributed by atoms with Crippen LogP contribution in [0.3, 0.4) is 0 Å². The monoisotopic (exact) mass is 273 g/mol. The van der Waals surface area contributed by atoms with Crippen molar-refractivity contribution in [1.29, 1.82) is 0 Å². The van der Waals surface area contributed by atoms with E-state index >= 15 is 0 Å². The van der Waals surface area contributed by atoms with Crippen LogP contribution in [-0.4, -0.2) is 6.54 Å². The van der Waals surface area contributed by atoms with E-state index in [0.717, 1.165) is 17.4 Å². The molecule has 0 fully saturated rings. The zero-order valence-corrected chi connectivity index (χ0v) is 12.8. The fourth-order valence-electron chi connectivity index (χ4n) is 1.91. The molecule has 1 N–H and O–H groups in total. The second kappa shape index (κ2) is 7.40. The molecule has 0 amide bonds. The average Bonchev–Trinajstić information content (AvgIpc) is 2.64. The van der Waals surface area contributed by atoms with Crippen molar-refractivity contribution in [2.24, 2.45) is 5.41 Å². The Morgan fingerprint density at radius 3 is 2.65 bits per heavy atom. The van der Waals surface area contributed by atoms with E-state index in [4.69, 9.17) is 11.6 Å². The Morgan fingerprint density at radius 1 is 1.29 bits per heavy atom. The molecule has 0 aliphatic heterocycles. The van der Waals surface area contributed by atoms with Gasteiger partial charge >= 0.3 is 0 Å². The topological polar surface area (TPSA) is 12.0 Å². The molecule has 1 aromatic rings. The van der Waals surface area contributed by atoms with Gasteiger partial charge in [0.05, 0.1) is 4.34 Å². The van der Waals surface area contributed by atoms with Crippen molar-refractivity contribution >= 4 is 22.9 Å². The molecule has 0 saturated carbocycles. The van der Waals surface area contributed by atoms with Crippen LogP contribution in [0.4, 0.5) is 0 Å². The third-order valence-electron chi connectivity index (χ3n) is 2.99. The van der Waals surface area contributed by atoms with Gasteiger partial charge in [-0.05, 0) is 24.0 Å².